The van der Waals surface area contributed by atoms with E-state index in [1.165, 1.54) is 10.4 Å². The fourth-order valence-corrected chi connectivity index (χ4v) is 4.31. The van der Waals surface area contributed by atoms with Gasteiger partial charge in [0.05, 0.1) is 18.1 Å². The van der Waals surface area contributed by atoms with Gasteiger partial charge in [-0.15, -0.1) is 11.3 Å². The van der Waals surface area contributed by atoms with Crippen molar-refractivity contribution < 1.29 is 9.90 Å². The van der Waals surface area contributed by atoms with Crippen molar-refractivity contribution >= 4 is 17.2 Å². The highest BCUT2D eigenvalue weighted by molar-refractivity contribution is 7.10. The summed E-state index contributed by atoms with van der Waals surface area (Å²) in [4.78, 5) is 13.8. The van der Waals surface area contributed by atoms with Crippen LogP contribution >= 0.6 is 11.3 Å². The lowest BCUT2D eigenvalue weighted by Crippen LogP contribution is -2.47. The van der Waals surface area contributed by atoms with E-state index in [9.17, 15) is 9.90 Å². The van der Waals surface area contributed by atoms with Crippen LogP contribution in [0.25, 0.3) is 0 Å². The van der Waals surface area contributed by atoms with Gasteiger partial charge in [-0.25, -0.2) is 0 Å². The molecule has 0 radical (unpaired) electrons. The number of thiophene rings is 1. The van der Waals surface area contributed by atoms with Gasteiger partial charge in [-0.05, 0) is 49.1 Å². The fourth-order valence-electron chi connectivity index (χ4n) is 3.32. The Morgan fingerprint density at radius 1 is 1.26 bits per heavy atom. The fraction of sp³-hybridized carbons (Fsp3) is 0.667. The Kier molecular flexibility index (Phi) is 3.89. The Hall–Kier alpha value is -0.870. The summed E-state index contributed by atoms with van der Waals surface area (Å²) in [5.74, 6) is 0.120. The molecule has 1 heterocycles. The molecule has 1 aromatic heterocycles. The molecule has 1 unspecified atom stereocenters. The van der Waals surface area contributed by atoms with E-state index in [2.05, 4.69) is 16.8 Å². The highest BCUT2D eigenvalue weighted by Crippen LogP contribution is 2.35. The summed E-state index contributed by atoms with van der Waals surface area (Å²) in [5.41, 5.74) is 1.22. The van der Waals surface area contributed by atoms with Crippen LogP contribution in [0.2, 0.25) is 0 Å². The lowest BCUT2D eigenvalue weighted by molar-refractivity contribution is -0.124. The van der Waals surface area contributed by atoms with E-state index >= 15 is 0 Å². The first-order valence-corrected chi connectivity index (χ1v) is 8.18. The molecule has 0 aromatic carbocycles. The zero-order chi connectivity index (χ0) is 13.2. The Labute approximate surface area is 118 Å². The maximum absolute atomic E-state index is 12.5. The topological polar surface area (TPSA) is 49.3 Å². The Balaban J connectivity index is 1.68. The van der Waals surface area contributed by atoms with Gasteiger partial charge < -0.3 is 10.4 Å². The lowest BCUT2D eigenvalue weighted by atomic mass is 9.86. The molecule has 1 saturated carbocycles. The van der Waals surface area contributed by atoms with Crippen LogP contribution in [0.3, 0.4) is 0 Å². The number of hydrogen-bond acceptors (Lipinski definition) is 3. The number of carbonyl (C=O) groups excluding carboxylic acids is 1. The van der Waals surface area contributed by atoms with Crippen LogP contribution in [0, 0.1) is 0 Å². The summed E-state index contributed by atoms with van der Waals surface area (Å²) < 4.78 is 0. The predicted octanol–water partition coefficient (Wildman–Crippen LogP) is 2.59. The molecule has 4 heteroatoms. The van der Waals surface area contributed by atoms with Gasteiger partial charge in [-0.1, -0.05) is 12.8 Å². The van der Waals surface area contributed by atoms with Crippen molar-refractivity contribution in [1.82, 2.24) is 5.32 Å². The van der Waals surface area contributed by atoms with E-state index in [1.54, 1.807) is 11.3 Å². The van der Waals surface area contributed by atoms with Crippen LogP contribution in [0.5, 0.6) is 0 Å². The highest BCUT2D eigenvalue weighted by atomic mass is 32.1. The molecule has 2 N–H and O–H groups in total. The molecule has 0 aliphatic heterocycles. The van der Waals surface area contributed by atoms with E-state index in [-0.39, 0.29) is 24.0 Å². The molecule has 2 aliphatic carbocycles. The minimum atomic E-state index is -0.358. The summed E-state index contributed by atoms with van der Waals surface area (Å²) in [6.45, 7) is 0. The van der Waals surface area contributed by atoms with Crippen molar-refractivity contribution in [3.05, 3.63) is 21.9 Å². The molecule has 2 aliphatic rings. The van der Waals surface area contributed by atoms with Gasteiger partial charge in [-0.3, -0.25) is 4.79 Å². The number of carbonyl (C=O) groups is 1. The molecular formula is C15H21NO2S. The Morgan fingerprint density at radius 2 is 2.11 bits per heavy atom. The Morgan fingerprint density at radius 3 is 2.95 bits per heavy atom. The molecule has 3 atom stereocenters. The Bertz CT molecular complexity index is 457. The van der Waals surface area contributed by atoms with Crippen LogP contribution < -0.4 is 5.32 Å². The number of aliphatic hydroxyl groups is 1. The molecule has 104 valence electrons. The standard InChI is InChI=1S/C15H21NO2S/c17-13-6-2-1-5-12(13)16-15(18)11-4-3-7-14-10(11)8-9-19-14/h8-9,11-13,17H,1-7H2,(H,16,18)/t11?,12-,13-/m1/s1. The van der Waals surface area contributed by atoms with Gasteiger partial charge in [0.25, 0.3) is 0 Å². The molecular weight excluding hydrogens is 258 g/mol. The van der Waals surface area contributed by atoms with Crippen molar-refractivity contribution in [1.29, 1.82) is 0 Å². The second-order valence-corrected chi connectivity index (χ2v) is 6.71. The number of amides is 1. The summed E-state index contributed by atoms with van der Waals surface area (Å²) in [6, 6.07) is 2.06. The van der Waals surface area contributed by atoms with E-state index in [1.807, 2.05) is 0 Å². The number of aryl methyl sites for hydroxylation is 1. The highest BCUT2D eigenvalue weighted by Gasteiger charge is 2.31. The molecule has 1 amide bonds. The first-order valence-electron chi connectivity index (χ1n) is 7.30. The smallest absolute Gasteiger partial charge is 0.227 e. The van der Waals surface area contributed by atoms with Gasteiger partial charge in [0.15, 0.2) is 0 Å². The third-order valence-electron chi connectivity index (χ3n) is 4.43. The third kappa shape index (κ3) is 2.70. The first-order chi connectivity index (χ1) is 9.25. The molecule has 0 bridgehead atoms. The summed E-state index contributed by atoms with van der Waals surface area (Å²) >= 11 is 1.76. The van der Waals surface area contributed by atoms with Crippen molar-refractivity contribution in [3.63, 3.8) is 0 Å². The molecule has 0 saturated heterocycles. The van der Waals surface area contributed by atoms with E-state index in [0.29, 0.717) is 0 Å². The van der Waals surface area contributed by atoms with Crippen LogP contribution in [0.15, 0.2) is 11.4 Å². The maximum atomic E-state index is 12.5. The summed E-state index contributed by atoms with van der Waals surface area (Å²) in [7, 11) is 0. The average Bonchev–Trinajstić information content (AvgIpc) is 2.89. The minimum absolute atomic E-state index is 0.00382. The quantitative estimate of drug-likeness (QED) is 0.874. The SMILES string of the molecule is O=C(N[C@@H]1CCCC[C@H]1O)C1CCCc2sccc21. The maximum Gasteiger partial charge on any atom is 0.227 e. The number of fused-ring (bicyclic) bond motifs is 1. The zero-order valence-electron chi connectivity index (χ0n) is 11.1. The normalized spacial score (nSPS) is 30.7. The van der Waals surface area contributed by atoms with Crippen LogP contribution in [-0.4, -0.2) is 23.2 Å². The van der Waals surface area contributed by atoms with Crippen molar-refractivity contribution in [2.75, 3.05) is 0 Å². The van der Waals surface area contributed by atoms with E-state index in [0.717, 1.165) is 44.9 Å². The molecule has 1 aromatic rings. The predicted molar refractivity (Wildman–Crippen MR) is 76.4 cm³/mol. The van der Waals surface area contributed by atoms with Crippen LogP contribution in [0.4, 0.5) is 0 Å². The molecule has 19 heavy (non-hydrogen) atoms. The number of rotatable bonds is 2. The van der Waals surface area contributed by atoms with Crippen LogP contribution in [0.1, 0.15) is 54.9 Å². The number of nitrogens with one attached hydrogen (secondary N) is 1. The van der Waals surface area contributed by atoms with Crippen molar-refractivity contribution in [3.8, 4) is 0 Å². The number of hydrogen-bond donors (Lipinski definition) is 2. The first kappa shape index (κ1) is 13.1. The van der Waals surface area contributed by atoms with Crippen molar-refractivity contribution in [2.45, 2.75) is 63.0 Å². The van der Waals surface area contributed by atoms with E-state index < -0.39 is 0 Å². The molecule has 3 nitrogen and oxygen atoms in total. The van der Waals surface area contributed by atoms with E-state index in [4.69, 9.17) is 0 Å². The zero-order valence-corrected chi connectivity index (χ0v) is 11.9. The average molecular weight is 279 g/mol. The molecule has 3 rings (SSSR count). The second-order valence-electron chi connectivity index (χ2n) is 5.71. The van der Waals surface area contributed by atoms with Gasteiger partial charge in [0, 0.05) is 4.88 Å². The monoisotopic (exact) mass is 279 g/mol. The summed E-state index contributed by atoms with van der Waals surface area (Å²) in [6.07, 6.45) is 6.71. The minimum Gasteiger partial charge on any atom is -0.391 e. The van der Waals surface area contributed by atoms with Gasteiger partial charge in [-0.2, -0.15) is 0 Å². The molecule has 0 spiro atoms. The number of aliphatic hydroxyl groups excluding tert-OH is 1. The van der Waals surface area contributed by atoms with Gasteiger partial charge in [0.2, 0.25) is 5.91 Å². The van der Waals surface area contributed by atoms with Gasteiger partial charge in [0.1, 0.15) is 0 Å². The molecule has 1 fully saturated rings. The largest absolute Gasteiger partial charge is 0.391 e. The van der Waals surface area contributed by atoms with Gasteiger partial charge >= 0.3 is 0 Å². The summed E-state index contributed by atoms with van der Waals surface area (Å²) in [5, 5.41) is 15.1. The second kappa shape index (κ2) is 5.63. The third-order valence-corrected chi connectivity index (χ3v) is 5.42. The van der Waals surface area contributed by atoms with Crippen LogP contribution in [-0.2, 0) is 11.2 Å². The lowest BCUT2D eigenvalue weighted by Gasteiger charge is -2.31. The van der Waals surface area contributed by atoms with Crippen molar-refractivity contribution in [2.24, 2.45) is 0 Å².